The van der Waals surface area contributed by atoms with Crippen LogP contribution in [0.15, 0.2) is 12.7 Å². The average Bonchev–Trinajstić information content (AvgIpc) is 2.75. The minimum absolute atomic E-state index is 0.181. The van der Waals surface area contributed by atoms with Crippen molar-refractivity contribution in [1.82, 2.24) is 5.06 Å². The molecule has 2 atom stereocenters. The minimum Gasteiger partial charge on any atom is -0.463 e. The van der Waals surface area contributed by atoms with Crippen LogP contribution in [0.5, 0.6) is 0 Å². The monoisotopic (exact) mass is 295 g/mol. The van der Waals surface area contributed by atoms with Gasteiger partial charge in [-0.05, 0) is 25.7 Å². The number of hydrogen-bond acceptors (Lipinski definition) is 5. The Kier molecular flexibility index (Phi) is 5.50. The van der Waals surface area contributed by atoms with Gasteiger partial charge in [-0.2, -0.15) is 5.06 Å². The van der Waals surface area contributed by atoms with Crippen LogP contribution in [-0.2, 0) is 24.0 Å². The summed E-state index contributed by atoms with van der Waals surface area (Å²) >= 11 is 0. The highest BCUT2D eigenvalue weighted by atomic mass is 16.7. The van der Waals surface area contributed by atoms with Crippen LogP contribution in [0, 0.1) is 11.8 Å². The molecule has 0 aromatic heterocycles. The summed E-state index contributed by atoms with van der Waals surface area (Å²) in [5.41, 5.74) is 0. The van der Waals surface area contributed by atoms with E-state index in [1.165, 1.54) is 0 Å². The number of rotatable bonds is 7. The van der Waals surface area contributed by atoms with Crippen LogP contribution in [0.25, 0.3) is 0 Å². The Morgan fingerprint density at radius 2 is 1.71 bits per heavy atom. The Morgan fingerprint density at radius 1 is 1.14 bits per heavy atom. The van der Waals surface area contributed by atoms with Crippen LogP contribution in [0.3, 0.4) is 0 Å². The molecule has 2 rings (SSSR count). The number of fused-ring (bicyclic) bond motifs is 1. The first-order valence-corrected chi connectivity index (χ1v) is 7.45. The molecule has 0 aromatic rings. The number of ether oxygens (including phenoxy) is 1. The standard InChI is InChI=1S/C15H21NO5/c1-2-13(17)20-9-5-6-10-21-16-14(18)11-7-3-4-8-12(11)15(16)19/h2,11-12H,1,3-10H2. The number of carbonyl (C=O) groups excluding carboxylic acids is 3. The molecule has 1 saturated heterocycles. The number of imide groups is 1. The number of carbonyl (C=O) groups is 3. The molecule has 0 bridgehead atoms. The Hall–Kier alpha value is -1.69. The normalized spacial score (nSPS) is 24.9. The second-order valence-electron chi connectivity index (χ2n) is 5.38. The van der Waals surface area contributed by atoms with E-state index in [0.717, 1.165) is 36.8 Å². The van der Waals surface area contributed by atoms with Crippen LogP contribution < -0.4 is 0 Å². The number of hydroxylamine groups is 2. The van der Waals surface area contributed by atoms with E-state index in [-0.39, 0.29) is 36.9 Å². The van der Waals surface area contributed by atoms with Gasteiger partial charge in [0.1, 0.15) is 0 Å². The first-order chi connectivity index (χ1) is 10.1. The maximum Gasteiger partial charge on any atom is 0.330 e. The average molecular weight is 295 g/mol. The van der Waals surface area contributed by atoms with Crippen molar-refractivity contribution < 1.29 is 24.0 Å². The zero-order chi connectivity index (χ0) is 15.2. The highest BCUT2D eigenvalue weighted by molar-refractivity contribution is 6.04. The minimum atomic E-state index is -0.454. The number of amides is 2. The van der Waals surface area contributed by atoms with Gasteiger partial charge in [-0.3, -0.25) is 14.4 Å². The first kappa shape index (κ1) is 15.7. The van der Waals surface area contributed by atoms with Crippen LogP contribution in [-0.4, -0.2) is 36.1 Å². The smallest absolute Gasteiger partial charge is 0.330 e. The van der Waals surface area contributed by atoms with E-state index in [1.807, 2.05) is 0 Å². The third kappa shape index (κ3) is 3.69. The highest BCUT2D eigenvalue weighted by Gasteiger charge is 2.49. The van der Waals surface area contributed by atoms with Crippen molar-refractivity contribution in [2.75, 3.05) is 13.2 Å². The molecule has 1 aliphatic heterocycles. The molecule has 2 unspecified atom stereocenters. The van der Waals surface area contributed by atoms with Gasteiger partial charge >= 0.3 is 5.97 Å². The molecule has 21 heavy (non-hydrogen) atoms. The van der Waals surface area contributed by atoms with Gasteiger partial charge in [-0.25, -0.2) is 4.79 Å². The molecular formula is C15H21NO5. The lowest BCUT2D eigenvalue weighted by Crippen LogP contribution is -2.31. The molecule has 1 aliphatic carbocycles. The van der Waals surface area contributed by atoms with Crippen molar-refractivity contribution in [2.24, 2.45) is 11.8 Å². The van der Waals surface area contributed by atoms with Crippen LogP contribution in [0.2, 0.25) is 0 Å². The van der Waals surface area contributed by atoms with Gasteiger partial charge in [0.2, 0.25) is 0 Å². The quantitative estimate of drug-likeness (QED) is 0.309. The Bertz CT molecular complexity index is 410. The zero-order valence-corrected chi connectivity index (χ0v) is 12.1. The Labute approximate surface area is 124 Å². The topological polar surface area (TPSA) is 72.9 Å². The molecule has 2 aliphatic rings. The van der Waals surface area contributed by atoms with E-state index in [4.69, 9.17) is 9.57 Å². The van der Waals surface area contributed by atoms with Crippen molar-refractivity contribution in [1.29, 1.82) is 0 Å². The van der Waals surface area contributed by atoms with E-state index in [0.29, 0.717) is 12.8 Å². The summed E-state index contributed by atoms with van der Waals surface area (Å²) in [6.45, 7) is 3.84. The molecule has 0 radical (unpaired) electrons. The zero-order valence-electron chi connectivity index (χ0n) is 12.1. The summed E-state index contributed by atoms with van der Waals surface area (Å²) in [7, 11) is 0. The molecule has 116 valence electrons. The number of hydrogen-bond donors (Lipinski definition) is 0. The van der Waals surface area contributed by atoms with Gasteiger partial charge < -0.3 is 4.74 Å². The molecule has 6 heteroatoms. The molecule has 0 spiro atoms. The van der Waals surface area contributed by atoms with Crippen molar-refractivity contribution >= 4 is 17.8 Å². The largest absolute Gasteiger partial charge is 0.463 e. The van der Waals surface area contributed by atoms with Crippen molar-refractivity contribution in [3.63, 3.8) is 0 Å². The molecular weight excluding hydrogens is 274 g/mol. The van der Waals surface area contributed by atoms with E-state index < -0.39 is 5.97 Å². The van der Waals surface area contributed by atoms with E-state index in [9.17, 15) is 14.4 Å². The third-order valence-electron chi connectivity index (χ3n) is 3.97. The fraction of sp³-hybridized carbons (Fsp3) is 0.667. The summed E-state index contributed by atoms with van der Waals surface area (Å²) < 4.78 is 4.82. The molecule has 1 heterocycles. The van der Waals surface area contributed by atoms with Crippen molar-refractivity contribution in [3.8, 4) is 0 Å². The van der Waals surface area contributed by atoms with Gasteiger partial charge in [-0.1, -0.05) is 19.4 Å². The molecule has 0 aromatic carbocycles. The Balaban J connectivity index is 1.68. The van der Waals surface area contributed by atoms with Gasteiger partial charge in [0, 0.05) is 6.08 Å². The Morgan fingerprint density at radius 3 is 2.29 bits per heavy atom. The predicted molar refractivity (Wildman–Crippen MR) is 73.6 cm³/mol. The van der Waals surface area contributed by atoms with E-state index in [1.54, 1.807) is 0 Å². The predicted octanol–water partition coefficient (Wildman–Crippen LogP) is 1.60. The van der Waals surface area contributed by atoms with Gasteiger partial charge in [-0.15, -0.1) is 0 Å². The summed E-state index contributed by atoms with van der Waals surface area (Å²) in [5.74, 6) is -1.20. The lowest BCUT2D eigenvalue weighted by Gasteiger charge is -2.19. The number of nitrogens with zero attached hydrogens (tertiary/aromatic N) is 1. The molecule has 2 fully saturated rings. The van der Waals surface area contributed by atoms with Crippen LogP contribution in [0.1, 0.15) is 38.5 Å². The summed E-state index contributed by atoms with van der Waals surface area (Å²) in [6, 6.07) is 0. The van der Waals surface area contributed by atoms with Crippen molar-refractivity contribution in [3.05, 3.63) is 12.7 Å². The second kappa shape index (κ2) is 7.36. The third-order valence-corrected chi connectivity index (χ3v) is 3.97. The fourth-order valence-corrected chi connectivity index (χ4v) is 2.85. The molecule has 1 saturated carbocycles. The maximum absolute atomic E-state index is 12.1. The lowest BCUT2D eigenvalue weighted by molar-refractivity contribution is -0.189. The lowest BCUT2D eigenvalue weighted by atomic mass is 9.81. The van der Waals surface area contributed by atoms with Gasteiger partial charge in [0.15, 0.2) is 0 Å². The van der Waals surface area contributed by atoms with Gasteiger partial charge in [0.05, 0.1) is 25.0 Å². The summed E-state index contributed by atoms with van der Waals surface area (Å²) in [6.07, 6.45) is 5.91. The fourth-order valence-electron chi connectivity index (χ4n) is 2.85. The summed E-state index contributed by atoms with van der Waals surface area (Å²) in [4.78, 5) is 40.3. The van der Waals surface area contributed by atoms with E-state index >= 15 is 0 Å². The van der Waals surface area contributed by atoms with Crippen LogP contribution in [0.4, 0.5) is 0 Å². The molecule has 6 nitrogen and oxygen atoms in total. The highest BCUT2D eigenvalue weighted by Crippen LogP contribution is 2.38. The van der Waals surface area contributed by atoms with Gasteiger partial charge in [0.25, 0.3) is 11.8 Å². The van der Waals surface area contributed by atoms with Crippen LogP contribution >= 0.6 is 0 Å². The summed E-state index contributed by atoms with van der Waals surface area (Å²) in [5, 5.41) is 0.955. The maximum atomic E-state index is 12.1. The SMILES string of the molecule is C=CC(=O)OCCCCON1C(=O)C2CCCCC2C1=O. The van der Waals surface area contributed by atoms with Crippen molar-refractivity contribution in [2.45, 2.75) is 38.5 Å². The first-order valence-electron chi connectivity index (χ1n) is 7.45. The number of unbranched alkanes of at least 4 members (excludes halogenated alkanes) is 1. The second-order valence-corrected chi connectivity index (χ2v) is 5.38. The van der Waals surface area contributed by atoms with E-state index in [2.05, 4.69) is 6.58 Å². The molecule has 2 amide bonds. The number of esters is 1. The molecule has 0 N–H and O–H groups in total.